The van der Waals surface area contributed by atoms with Gasteiger partial charge in [0.2, 0.25) is 6.41 Å². The zero-order valence-electron chi connectivity index (χ0n) is 9.88. The van der Waals surface area contributed by atoms with Gasteiger partial charge < -0.3 is 15.0 Å². The number of nitrogens with one attached hydrogen (secondary N) is 1. The molecule has 1 aliphatic rings. The SMILES string of the molecule is CNc1ncnc2ccc3c(c12)OCCN3C=O. The van der Waals surface area contributed by atoms with Crippen LogP contribution in [-0.2, 0) is 4.79 Å². The lowest BCUT2D eigenvalue weighted by Gasteiger charge is -2.27. The number of fused-ring (bicyclic) bond motifs is 3. The highest BCUT2D eigenvalue weighted by Crippen LogP contribution is 2.39. The van der Waals surface area contributed by atoms with E-state index in [9.17, 15) is 4.79 Å². The van der Waals surface area contributed by atoms with Crippen molar-refractivity contribution in [1.82, 2.24) is 9.97 Å². The number of benzene rings is 1. The first kappa shape index (κ1) is 10.8. The second kappa shape index (κ2) is 4.14. The normalized spacial score (nSPS) is 13.9. The highest BCUT2D eigenvalue weighted by molar-refractivity contribution is 6.00. The molecule has 18 heavy (non-hydrogen) atoms. The lowest BCUT2D eigenvalue weighted by atomic mass is 10.1. The molecular weight excluding hydrogens is 232 g/mol. The molecule has 2 aromatic rings. The molecule has 1 N–H and O–H groups in total. The summed E-state index contributed by atoms with van der Waals surface area (Å²) in [5, 5.41) is 3.82. The average Bonchev–Trinajstić information content (AvgIpc) is 2.45. The molecule has 2 heterocycles. The van der Waals surface area contributed by atoms with E-state index in [0.29, 0.717) is 24.7 Å². The number of ether oxygens (including phenoxy) is 1. The molecule has 92 valence electrons. The third-order valence-electron chi connectivity index (χ3n) is 2.99. The maximum absolute atomic E-state index is 11.0. The van der Waals surface area contributed by atoms with Gasteiger partial charge in [0.15, 0.2) is 5.75 Å². The minimum Gasteiger partial charge on any atom is -0.489 e. The van der Waals surface area contributed by atoms with Crippen molar-refractivity contribution in [3.63, 3.8) is 0 Å². The van der Waals surface area contributed by atoms with Gasteiger partial charge in [-0.25, -0.2) is 9.97 Å². The van der Waals surface area contributed by atoms with E-state index >= 15 is 0 Å². The Morgan fingerprint density at radius 3 is 3.11 bits per heavy atom. The van der Waals surface area contributed by atoms with E-state index in [-0.39, 0.29) is 0 Å². The van der Waals surface area contributed by atoms with Crippen LogP contribution >= 0.6 is 0 Å². The number of rotatable bonds is 2. The van der Waals surface area contributed by atoms with Crippen LogP contribution in [0.25, 0.3) is 10.9 Å². The lowest BCUT2D eigenvalue weighted by Crippen LogP contribution is -2.31. The Balaban J connectivity index is 2.33. The number of hydrogen-bond acceptors (Lipinski definition) is 5. The molecule has 1 amide bonds. The van der Waals surface area contributed by atoms with E-state index in [2.05, 4.69) is 15.3 Å². The Morgan fingerprint density at radius 1 is 1.44 bits per heavy atom. The number of nitrogens with zero attached hydrogens (tertiary/aromatic N) is 3. The van der Waals surface area contributed by atoms with Crippen LogP contribution in [0, 0.1) is 0 Å². The lowest BCUT2D eigenvalue weighted by molar-refractivity contribution is -0.107. The summed E-state index contributed by atoms with van der Waals surface area (Å²) in [7, 11) is 1.79. The summed E-state index contributed by atoms with van der Waals surface area (Å²) >= 11 is 0. The predicted octanol–water partition coefficient (Wildman–Crippen LogP) is 1.03. The highest BCUT2D eigenvalue weighted by atomic mass is 16.5. The molecular formula is C12H12N4O2. The number of anilines is 2. The van der Waals surface area contributed by atoms with Gasteiger partial charge in [-0.3, -0.25) is 4.79 Å². The van der Waals surface area contributed by atoms with Crippen molar-refractivity contribution >= 4 is 28.8 Å². The summed E-state index contributed by atoms with van der Waals surface area (Å²) in [6.07, 6.45) is 2.32. The fourth-order valence-electron chi connectivity index (χ4n) is 2.15. The van der Waals surface area contributed by atoms with Crippen LogP contribution in [0.3, 0.4) is 0 Å². The van der Waals surface area contributed by atoms with Crippen molar-refractivity contribution < 1.29 is 9.53 Å². The zero-order chi connectivity index (χ0) is 12.5. The molecule has 6 heteroatoms. The van der Waals surface area contributed by atoms with E-state index in [1.165, 1.54) is 6.33 Å². The first-order valence-electron chi connectivity index (χ1n) is 5.65. The zero-order valence-corrected chi connectivity index (χ0v) is 9.88. The second-order valence-corrected chi connectivity index (χ2v) is 3.93. The maximum atomic E-state index is 11.0. The average molecular weight is 244 g/mol. The highest BCUT2D eigenvalue weighted by Gasteiger charge is 2.22. The van der Waals surface area contributed by atoms with Crippen molar-refractivity contribution in [2.24, 2.45) is 0 Å². The third-order valence-corrected chi connectivity index (χ3v) is 2.99. The Morgan fingerprint density at radius 2 is 2.33 bits per heavy atom. The summed E-state index contributed by atoms with van der Waals surface area (Å²) in [6.45, 7) is 1.04. The minimum absolute atomic E-state index is 0.475. The number of amides is 1. The van der Waals surface area contributed by atoms with Crippen molar-refractivity contribution in [1.29, 1.82) is 0 Å². The third kappa shape index (κ3) is 1.46. The molecule has 1 aromatic carbocycles. The van der Waals surface area contributed by atoms with E-state index in [1.807, 2.05) is 12.1 Å². The van der Waals surface area contributed by atoms with E-state index in [4.69, 9.17) is 4.74 Å². The fraction of sp³-hybridized carbons (Fsp3) is 0.250. The van der Waals surface area contributed by atoms with Gasteiger partial charge in [-0.1, -0.05) is 0 Å². The largest absolute Gasteiger partial charge is 0.489 e. The molecule has 0 radical (unpaired) electrons. The van der Waals surface area contributed by atoms with E-state index in [0.717, 1.165) is 23.0 Å². The standard InChI is InChI=1S/C12H12N4O2/c1-13-12-10-8(14-6-15-12)2-3-9-11(10)18-5-4-16(9)7-17/h2-3,6-7H,4-5H2,1H3,(H,13,14,15). The van der Waals surface area contributed by atoms with Crippen LogP contribution in [0.5, 0.6) is 5.75 Å². The smallest absolute Gasteiger partial charge is 0.214 e. The molecule has 6 nitrogen and oxygen atoms in total. The van der Waals surface area contributed by atoms with Crippen LogP contribution in [-0.4, -0.2) is 36.6 Å². The van der Waals surface area contributed by atoms with Crippen molar-refractivity contribution in [2.75, 3.05) is 30.4 Å². The molecule has 3 rings (SSSR count). The topological polar surface area (TPSA) is 67.4 Å². The molecule has 0 atom stereocenters. The molecule has 0 aliphatic carbocycles. The maximum Gasteiger partial charge on any atom is 0.214 e. The van der Waals surface area contributed by atoms with Gasteiger partial charge >= 0.3 is 0 Å². The van der Waals surface area contributed by atoms with Crippen LogP contribution in [0.1, 0.15) is 0 Å². The molecule has 0 bridgehead atoms. The summed E-state index contributed by atoms with van der Waals surface area (Å²) in [4.78, 5) is 21.1. The van der Waals surface area contributed by atoms with Gasteiger partial charge in [-0.05, 0) is 12.1 Å². The van der Waals surface area contributed by atoms with Crippen molar-refractivity contribution in [2.45, 2.75) is 0 Å². The Kier molecular flexibility index (Phi) is 2.47. The molecule has 0 fully saturated rings. The van der Waals surface area contributed by atoms with Gasteiger partial charge in [-0.2, -0.15) is 0 Å². The molecule has 1 aromatic heterocycles. The van der Waals surface area contributed by atoms with Crippen LogP contribution in [0.2, 0.25) is 0 Å². The minimum atomic E-state index is 0.475. The molecule has 0 saturated carbocycles. The molecule has 0 saturated heterocycles. The quantitative estimate of drug-likeness (QED) is 0.799. The number of carbonyl (C=O) groups is 1. The van der Waals surface area contributed by atoms with Crippen LogP contribution in [0.15, 0.2) is 18.5 Å². The van der Waals surface area contributed by atoms with E-state index in [1.54, 1.807) is 11.9 Å². The fourth-order valence-corrected chi connectivity index (χ4v) is 2.15. The summed E-state index contributed by atoms with van der Waals surface area (Å²) in [5.74, 6) is 1.36. The van der Waals surface area contributed by atoms with Crippen LogP contribution in [0.4, 0.5) is 11.5 Å². The van der Waals surface area contributed by atoms with Crippen molar-refractivity contribution in [3.05, 3.63) is 18.5 Å². The van der Waals surface area contributed by atoms with Crippen LogP contribution < -0.4 is 15.0 Å². The number of hydrogen-bond donors (Lipinski definition) is 1. The summed E-state index contributed by atoms with van der Waals surface area (Å²) < 4.78 is 5.69. The van der Waals surface area contributed by atoms with Gasteiger partial charge in [0.05, 0.1) is 23.1 Å². The summed E-state index contributed by atoms with van der Waals surface area (Å²) in [6, 6.07) is 3.71. The van der Waals surface area contributed by atoms with Gasteiger partial charge in [0.25, 0.3) is 0 Å². The van der Waals surface area contributed by atoms with Crippen molar-refractivity contribution in [3.8, 4) is 5.75 Å². The Labute approximate surface area is 104 Å². The first-order chi connectivity index (χ1) is 8.85. The summed E-state index contributed by atoms with van der Waals surface area (Å²) in [5.41, 5.74) is 1.55. The first-order valence-corrected chi connectivity index (χ1v) is 5.65. The number of carbonyl (C=O) groups excluding carboxylic acids is 1. The molecule has 1 aliphatic heterocycles. The van der Waals surface area contributed by atoms with Gasteiger partial charge in [0.1, 0.15) is 18.8 Å². The number of aromatic nitrogens is 2. The van der Waals surface area contributed by atoms with Gasteiger partial charge in [0, 0.05) is 7.05 Å². The Bertz CT molecular complexity index is 614. The second-order valence-electron chi connectivity index (χ2n) is 3.93. The molecule has 0 unspecified atom stereocenters. The predicted molar refractivity (Wildman–Crippen MR) is 68.0 cm³/mol. The monoisotopic (exact) mass is 244 g/mol. The van der Waals surface area contributed by atoms with E-state index < -0.39 is 0 Å². The Hall–Kier alpha value is -2.37. The van der Waals surface area contributed by atoms with Gasteiger partial charge in [-0.15, -0.1) is 0 Å². The molecule has 0 spiro atoms.